The van der Waals surface area contributed by atoms with Crippen LogP contribution in [0.15, 0.2) is 12.3 Å². The Balaban J connectivity index is 1.91. The predicted octanol–water partition coefficient (Wildman–Crippen LogP) is -1.08. The van der Waals surface area contributed by atoms with Crippen LogP contribution >= 0.6 is 0 Å². The first-order valence-electron chi connectivity index (χ1n) is 6.31. The normalized spacial score (nSPS) is 15.4. The molecule has 19 heavy (non-hydrogen) atoms. The molecule has 0 atom stereocenters. The number of aromatic nitrogens is 2. The lowest BCUT2D eigenvalue weighted by molar-refractivity contribution is -0.132. The largest absolute Gasteiger partial charge is 0.339 e. The maximum absolute atomic E-state index is 12.0. The van der Waals surface area contributed by atoms with Gasteiger partial charge in [-0.1, -0.05) is 0 Å². The molecule has 1 aromatic rings. The van der Waals surface area contributed by atoms with E-state index < -0.39 is 0 Å². The van der Waals surface area contributed by atoms with E-state index in [9.17, 15) is 9.59 Å². The van der Waals surface area contributed by atoms with E-state index >= 15 is 0 Å². The third-order valence-corrected chi connectivity index (χ3v) is 3.12. The van der Waals surface area contributed by atoms with Crippen LogP contribution in [0.4, 0.5) is 0 Å². The molecule has 2 amide bonds. The number of piperazine rings is 1. The number of hydrogen-bond donors (Lipinski definition) is 1. The van der Waals surface area contributed by atoms with Crippen molar-refractivity contribution in [3.05, 3.63) is 18.0 Å². The molecule has 0 aliphatic carbocycles. The molecule has 1 aromatic heterocycles. The molecule has 2 rings (SSSR count). The van der Waals surface area contributed by atoms with Gasteiger partial charge in [0.25, 0.3) is 5.91 Å². The molecule has 1 N–H and O–H groups in total. The Morgan fingerprint density at radius 1 is 1.42 bits per heavy atom. The summed E-state index contributed by atoms with van der Waals surface area (Å²) in [4.78, 5) is 27.3. The smallest absolute Gasteiger partial charge is 0.274 e. The minimum absolute atomic E-state index is 0.0201. The van der Waals surface area contributed by atoms with Crippen molar-refractivity contribution in [1.29, 1.82) is 0 Å². The molecule has 1 aliphatic rings. The summed E-state index contributed by atoms with van der Waals surface area (Å²) in [7, 11) is 3.37. The summed E-state index contributed by atoms with van der Waals surface area (Å²) < 4.78 is 1.57. The zero-order chi connectivity index (χ0) is 13.8. The van der Waals surface area contributed by atoms with E-state index in [1.165, 1.54) is 4.90 Å². The second-order valence-corrected chi connectivity index (χ2v) is 4.67. The van der Waals surface area contributed by atoms with Gasteiger partial charge in [0, 0.05) is 46.5 Å². The number of rotatable bonds is 3. The fourth-order valence-corrected chi connectivity index (χ4v) is 2.01. The molecular weight excluding hydrogens is 246 g/mol. The van der Waals surface area contributed by atoms with Crippen LogP contribution in [0.1, 0.15) is 10.5 Å². The van der Waals surface area contributed by atoms with Crippen LogP contribution in [-0.2, 0) is 11.8 Å². The minimum Gasteiger partial charge on any atom is -0.339 e. The summed E-state index contributed by atoms with van der Waals surface area (Å²) >= 11 is 0. The summed E-state index contributed by atoms with van der Waals surface area (Å²) in [6.45, 7) is 3.11. The zero-order valence-electron chi connectivity index (χ0n) is 11.3. The topological polar surface area (TPSA) is 70.5 Å². The van der Waals surface area contributed by atoms with Crippen molar-refractivity contribution in [3.63, 3.8) is 0 Å². The average molecular weight is 265 g/mol. The third kappa shape index (κ3) is 3.31. The minimum atomic E-state index is -0.232. The fraction of sp³-hybridized carbons (Fsp3) is 0.583. The van der Waals surface area contributed by atoms with Crippen molar-refractivity contribution in [2.75, 3.05) is 39.8 Å². The Morgan fingerprint density at radius 3 is 2.68 bits per heavy atom. The first-order chi connectivity index (χ1) is 9.08. The standard InChI is InChI=1S/C12H19N5O2/c1-15(12(19)10-3-6-16(2)14-10)9-11(18)17-7-4-13-5-8-17/h3,6,13H,4-5,7-9H2,1-2H3. The maximum Gasteiger partial charge on any atom is 0.274 e. The van der Waals surface area contributed by atoms with Crippen molar-refractivity contribution >= 4 is 11.8 Å². The Bertz CT molecular complexity index is 464. The van der Waals surface area contributed by atoms with Crippen LogP contribution in [-0.4, -0.2) is 71.2 Å². The lowest BCUT2D eigenvalue weighted by Crippen LogP contribution is -2.49. The molecule has 7 heteroatoms. The fourth-order valence-electron chi connectivity index (χ4n) is 2.01. The maximum atomic E-state index is 12.0. The Kier molecular flexibility index (Phi) is 4.16. The highest BCUT2D eigenvalue weighted by molar-refractivity contribution is 5.94. The SMILES string of the molecule is CN(CC(=O)N1CCNCC1)C(=O)c1ccn(C)n1. The van der Waals surface area contributed by atoms with Crippen LogP contribution in [0, 0.1) is 0 Å². The van der Waals surface area contributed by atoms with Gasteiger partial charge in [-0.25, -0.2) is 0 Å². The Labute approximate surface area is 112 Å². The number of nitrogens with one attached hydrogen (secondary N) is 1. The Hall–Kier alpha value is -1.89. The number of amides is 2. The average Bonchev–Trinajstić information content (AvgIpc) is 2.85. The molecular formula is C12H19N5O2. The van der Waals surface area contributed by atoms with Crippen LogP contribution in [0.25, 0.3) is 0 Å². The number of aryl methyl sites for hydroxylation is 1. The summed E-state index contributed by atoms with van der Waals surface area (Å²) in [5.41, 5.74) is 0.359. The van der Waals surface area contributed by atoms with Gasteiger partial charge in [-0.05, 0) is 6.07 Å². The summed E-state index contributed by atoms with van der Waals surface area (Å²) in [5.74, 6) is -0.252. The molecule has 0 saturated carbocycles. The Morgan fingerprint density at radius 2 is 2.11 bits per heavy atom. The molecule has 0 radical (unpaired) electrons. The van der Waals surface area contributed by atoms with Gasteiger partial charge in [0.1, 0.15) is 5.69 Å². The molecule has 0 spiro atoms. The van der Waals surface area contributed by atoms with E-state index in [-0.39, 0.29) is 18.4 Å². The van der Waals surface area contributed by atoms with E-state index in [0.29, 0.717) is 18.8 Å². The number of likely N-dealkylation sites (N-methyl/N-ethyl adjacent to an activating group) is 1. The monoisotopic (exact) mass is 265 g/mol. The van der Waals surface area contributed by atoms with Crippen molar-refractivity contribution < 1.29 is 9.59 Å². The second kappa shape index (κ2) is 5.83. The molecule has 1 fully saturated rings. The molecule has 0 unspecified atom stereocenters. The molecule has 7 nitrogen and oxygen atoms in total. The first kappa shape index (κ1) is 13.5. The third-order valence-electron chi connectivity index (χ3n) is 3.12. The zero-order valence-corrected chi connectivity index (χ0v) is 11.3. The van der Waals surface area contributed by atoms with Gasteiger partial charge < -0.3 is 15.1 Å². The van der Waals surface area contributed by atoms with E-state index in [2.05, 4.69) is 10.4 Å². The lowest BCUT2D eigenvalue weighted by atomic mass is 10.3. The van der Waals surface area contributed by atoms with Gasteiger partial charge >= 0.3 is 0 Å². The van der Waals surface area contributed by atoms with Gasteiger partial charge in [-0.2, -0.15) is 5.10 Å². The highest BCUT2D eigenvalue weighted by atomic mass is 16.2. The number of carbonyl (C=O) groups is 2. The number of hydrogen-bond acceptors (Lipinski definition) is 4. The molecule has 104 valence electrons. The number of carbonyl (C=O) groups excluding carboxylic acids is 2. The molecule has 2 heterocycles. The predicted molar refractivity (Wildman–Crippen MR) is 69.6 cm³/mol. The van der Waals surface area contributed by atoms with Crippen LogP contribution in [0.2, 0.25) is 0 Å². The molecule has 1 aliphatic heterocycles. The molecule has 0 bridgehead atoms. The van der Waals surface area contributed by atoms with Crippen molar-refractivity contribution in [2.24, 2.45) is 7.05 Å². The highest BCUT2D eigenvalue weighted by Crippen LogP contribution is 2.01. The van der Waals surface area contributed by atoms with Gasteiger partial charge in [0.05, 0.1) is 6.54 Å². The highest BCUT2D eigenvalue weighted by Gasteiger charge is 2.21. The lowest BCUT2D eigenvalue weighted by Gasteiger charge is -2.29. The van der Waals surface area contributed by atoms with Crippen molar-refractivity contribution in [2.45, 2.75) is 0 Å². The summed E-state index contributed by atoms with van der Waals surface area (Å²) in [6.07, 6.45) is 1.71. The van der Waals surface area contributed by atoms with Gasteiger partial charge in [-0.3, -0.25) is 14.3 Å². The van der Waals surface area contributed by atoms with Gasteiger partial charge in [0.2, 0.25) is 5.91 Å². The van der Waals surface area contributed by atoms with Gasteiger partial charge in [0.15, 0.2) is 0 Å². The quantitative estimate of drug-likeness (QED) is 0.755. The van der Waals surface area contributed by atoms with Crippen LogP contribution < -0.4 is 5.32 Å². The first-order valence-corrected chi connectivity index (χ1v) is 6.31. The summed E-state index contributed by atoms with van der Waals surface area (Å²) in [5, 5.41) is 7.23. The number of nitrogens with zero attached hydrogens (tertiary/aromatic N) is 4. The van der Waals surface area contributed by atoms with E-state index in [4.69, 9.17) is 0 Å². The van der Waals surface area contributed by atoms with E-state index in [0.717, 1.165) is 13.1 Å². The van der Waals surface area contributed by atoms with Crippen molar-refractivity contribution in [1.82, 2.24) is 24.9 Å². The van der Waals surface area contributed by atoms with E-state index in [1.807, 2.05) is 0 Å². The van der Waals surface area contributed by atoms with Crippen LogP contribution in [0.5, 0.6) is 0 Å². The van der Waals surface area contributed by atoms with E-state index in [1.54, 1.807) is 35.9 Å². The second-order valence-electron chi connectivity index (χ2n) is 4.67. The molecule has 1 saturated heterocycles. The molecule has 0 aromatic carbocycles. The van der Waals surface area contributed by atoms with Crippen LogP contribution in [0.3, 0.4) is 0 Å². The van der Waals surface area contributed by atoms with Gasteiger partial charge in [-0.15, -0.1) is 0 Å². The van der Waals surface area contributed by atoms with Crippen molar-refractivity contribution in [3.8, 4) is 0 Å². The summed E-state index contributed by atoms with van der Waals surface area (Å²) in [6, 6.07) is 1.65.